The van der Waals surface area contributed by atoms with E-state index in [-0.39, 0.29) is 6.10 Å². The highest BCUT2D eigenvalue weighted by Crippen LogP contribution is 2.24. The lowest BCUT2D eigenvalue weighted by molar-refractivity contribution is 0.0664. The standard InChI is InChI=1S/C13H22N4O/c1-3-10-8-17(6-5-7-18-10)13-11(4-2)12(14)15-9-16-13/h9-10H,3-8H2,1-2H3,(H2,14,15,16). The van der Waals surface area contributed by atoms with Gasteiger partial charge in [-0.05, 0) is 19.3 Å². The fourth-order valence-corrected chi connectivity index (χ4v) is 2.36. The quantitative estimate of drug-likeness (QED) is 0.883. The van der Waals surface area contributed by atoms with Gasteiger partial charge in [-0.2, -0.15) is 0 Å². The molecule has 1 aliphatic rings. The van der Waals surface area contributed by atoms with Gasteiger partial charge >= 0.3 is 0 Å². The van der Waals surface area contributed by atoms with Gasteiger partial charge in [-0.1, -0.05) is 13.8 Å². The molecule has 0 spiro atoms. The van der Waals surface area contributed by atoms with Gasteiger partial charge in [0, 0.05) is 25.3 Å². The van der Waals surface area contributed by atoms with Crippen LogP contribution in [0.25, 0.3) is 0 Å². The average Bonchev–Trinajstić information content (AvgIpc) is 2.63. The summed E-state index contributed by atoms with van der Waals surface area (Å²) in [4.78, 5) is 10.8. The first-order valence-electron chi connectivity index (χ1n) is 6.72. The monoisotopic (exact) mass is 250 g/mol. The Bertz CT molecular complexity index is 397. The number of nitrogens with zero attached hydrogens (tertiary/aromatic N) is 3. The van der Waals surface area contributed by atoms with E-state index >= 15 is 0 Å². The van der Waals surface area contributed by atoms with Gasteiger partial charge in [0.1, 0.15) is 18.0 Å². The van der Waals surface area contributed by atoms with Crippen LogP contribution in [0.15, 0.2) is 6.33 Å². The van der Waals surface area contributed by atoms with Crippen molar-refractivity contribution < 1.29 is 4.74 Å². The van der Waals surface area contributed by atoms with Crippen molar-refractivity contribution in [1.82, 2.24) is 9.97 Å². The number of rotatable bonds is 3. The van der Waals surface area contributed by atoms with E-state index < -0.39 is 0 Å². The van der Waals surface area contributed by atoms with Crippen molar-refractivity contribution >= 4 is 11.6 Å². The van der Waals surface area contributed by atoms with Crippen molar-refractivity contribution in [3.8, 4) is 0 Å². The molecule has 0 saturated carbocycles. The Morgan fingerprint density at radius 1 is 1.44 bits per heavy atom. The molecule has 1 atom stereocenters. The van der Waals surface area contributed by atoms with E-state index in [1.165, 1.54) is 0 Å². The van der Waals surface area contributed by atoms with E-state index in [0.29, 0.717) is 5.82 Å². The minimum Gasteiger partial charge on any atom is -0.383 e. The highest BCUT2D eigenvalue weighted by Gasteiger charge is 2.21. The fraction of sp³-hybridized carbons (Fsp3) is 0.692. The Labute approximate surface area is 108 Å². The summed E-state index contributed by atoms with van der Waals surface area (Å²) in [6.07, 6.45) is 4.75. The largest absolute Gasteiger partial charge is 0.383 e. The minimum atomic E-state index is 0.286. The second-order valence-corrected chi connectivity index (χ2v) is 4.62. The summed E-state index contributed by atoms with van der Waals surface area (Å²) in [7, 11) is 0. The molecule has 0 radical (unpaired) electrons. The number of nitrogens with two attached hydrogens (primary N) is 1. The predicted octanol–water partition coefficient (Wildman–Crippen LogP) is 1.63. The molecule has 1 aromatic heterocycles. The maximum atomic E-state index is 5.94. The molecule has 18 heavy (non-hydrogen) atoms. The lowest BCUT2D eigenvalue weighted by Crippen LogP contribution is -2.33. The van der Waals surface area contributed by atoms with E-state index in [1.807, 2.05) is 0 Å². The summed E-state index contributed by atoms with van der Waals surface area (Å²) in [6.45, 7) is 6.93. The van der Waals surface area contributed by atoms with Gasteiger partial charge in [-0.15, -0.1) is 0 Å². The molecule has 0 amide bonds. The topological polar surface area (TPSA) is 64.3 Å². The molecule has 1 unspecified atom stereocenters. The Hall–Kier alpha value is -1.36. The summed E-state index contributed by atoms with van der Waals surface area (Å²) < 4.78 is 5.79. The summed E-state index contributed by atoms with van der Waals surface area (Å²) in [5.74, 6) is 1.58. The molecule has 2 rings (SSSR count). The first kappa shape index (κ1) is 13.1. The van der Waals surface area contributed by atoms with Crippen LogP contribution in [0.3, 0.4) is 0 Å². The molecule has 2 N–H and O–H groups in total. The van der Waals surface area contributed by atoms with Crippen LogP contribution in [0.5, 0.6) is 0 Å². The van der Waals surface area contributed by atoms with Gasteiger partial charge in [0.25, 0.3) is 0 Å². The lowest BCUT2D eigenvalue weighted by atomic mass is 10.2. The normalized spacial score (nSPS) is 20.8. The first-order valence-corrected chi connectivity index (χ1v) is 6.72. The summed E-state index contributed by atoms with van der Waals surface area (Å²) >= 11 is 0. The van der Waals surface area contributed by atoms with Crippen LogP contribution in [-0.2, 0) is 11.2 Å². The zero-order valence-corrected chi connectivity index (χ0v) is 11.2. The molecule has 5 nitrogen and oxygen atoms in total. The number of hydrogen-bond acceptors (Lipinski definition) is 5. The van der Waals surface area contributed by atoms with Gasteiger partial charge < -0.3 is 15.4 Å². The molecule has 0 aromatic carbocycles. The lowest BCUT2D eigenvalue weighted by Gasteiger charge is -2.26. The molecule has 5 heteroatoms. The molecule has 2 heterocycles. The molecule has 100 valence electrons. The van der Waals surface area contributed by atoms with Crippen LogP contribution in [-0.4, -0.2) is 35.8 Å². The van der Waals surface area contributed by atoms with Gasteiger partial charge in [-0.25, -0.2) is 9.97 Å². The number of anilines is 2. The maximum Gasteiger partial charge on any atom is 0.137 e. The zero-order valence-electron chi connectivity index (χ0n) is 11.2. The van der Waals surface area contributed by atoms with Gasteiger partial charge in [0.15, 0.2) is 0 Å². The van der Waals surface area contributed by atoms with Gasteiger partial charge in [0.05, 0.1) is 6.10 Å². The maximum absolute atomic E-state index is 5.94. The molecule has 1 aliphatic heterocycles. The van der Waals surface area contributed by atoms with E-state index in [2.05, 4.69) is 28.7 Å². The van der Waals surface area contributed by atoms with Crippen LogP contribution in [0.1, 0.15) is 32.3 Å². The van der Waals surface area contributed by atoms with Crippen LogP contribution in [0.2, 0.25) is 0 Å². The summed E-state index contributed by atoms with van der Waals surface area (Å²) in [6, 6.07) is 0. The Morgan fingerprint density at radius 2 is 2.28 bits per heavy atom. The highest BCUT2D eigenvalue weighted by atomic mass is 16.5. The van der Waals surface area contributed by atoms with Crippen LogP contribution < -0.4 is 10.6 Å². The third-order valence-corrected chi connectivity index (χ3v) is 3.41. The summed E-state index contributed by atoms with van der Waals surface area (Å²) in [5, 5.41) is 0. The summed E-state index contributed by atoms with van der Waals surface area (Å²) in [5.41, 5.74) is 6.99. The molecule has 1 aromatic rings. The van der Waals surface area contributed by atoms with Gasteiger partial charge in [-0.3, -0.25) is 0 Å². The van der Waals surface area contributed by atoms with E-state index in [4.69, 9.17) is 10.5 Å². The van der Waals surface area contributed by atoms with E-state index in [9.17, 15) is 0 Å². The van der Waals surface area contributed by atoms with Crippen molar-refractivity contribution in [3.63, 3.8) is 0 Å². The smallest absolute Gasteiger partial charge is 0.137 e. The minimum absolute atomic E-state index is 0.286. The SMILES string of the molecule is CCc1c(N)ncnc1N1CCCOC(CC)C1. The highest BCUT2D eigenvalue weighted by molar-refractivity contribution is 5.56. The second kappa shape index (κ2) is 6.00. The fourth-order valence-electron chi connectivity index (χ4n) is 2.36. The first-order chi connectivity index (χ1) is 8.76. The van der Waals surface area contributed by atoms with Gasteiger partial charge in [0.2, 0.25) is 0 Å². The predicted molar refractivity (Wildman–Crippen MR) is 72.7 cm³/mol. The molecule has 0 bridgehead atoms. The molecule has 1 saturated heterocycles. The third kappa shape index (κ3) is 2.72. The van der Waals surface area contributed by atoms with Crippen LogP contribution in [0, 0.1) is 0 Å². The molecular formula is C13H22N4O. The zero-order chi connectivity index (χ0) is 13.0. The number of nitrogen functional groups attached to an aromatic ring is 1. The van der Waals surface area contributed by atoms with Crippen molar-refractivity contribution in [2.45, 2.75) is 39.2 Å². The number of ether oxygens (including phenoxy) is 1. The second-order valence-electron chi connectivity index (χ2n) is 4.62. The Kier molecular flexibility index (Phi) is 4.36. The van der Waals surface area contributed by atoms with Crippen molar-refractivity contribution in [2.75, 3.05) is 30.3 Å². The Morgan fingerprint density at radius 3 is 3.00 bits per heavy atom. The average molecular weight is 250 g/mol. The number of aromatic nitrogens is 2. The molecule has 0 aliphatic carbocycles. The van der Waals surface area contributed by atoms with E-state index in [0.717, 1.165) is 50.3 Å². The van der Waals surface area contributed by atoms with Crippen LogP contribution in [0.4, 0.5) is 11.6 Å². The number of hydrogen-bond donors (Lipinski definition) is 1. The van der Waals surface area contributed by atoms with Crippen molar-refractivity contribution in [3.05, 3.63) is 11.9 Å². The Balaban J connectivity index is 2.26. The molecule has 1 fully saturated rings. The van der Waals surface area contributed by atoms with Crippen LogP contribution >= 0.6 is 0 Å². The van der Waals surface area contributed by atoms with Crippen molar-refractivity contribution in [2.24, 2.45) is 0 Å². The van der Waals surface area contributed by atoms with Crippen molar-refractivity contribution in [1.29, 1.82) is 0 Å². The third-order valence-electron chi connectivity index (χ3n) is 3.41. The molecular weight excluding hydrogens is 228 g/mol. The van der Waals surface area contributed by atoms with E-state index in [1.54, 1.807) is 6.33 Å².